The molecule has 3 rings (SSSR count). The molecular weight excluding hydrogens is 320 g/mol. The van der Waals surface area contributed by atoms with E-state index in [1.807, 2.05) is 25.1 Å². The molecule has 0 bridgehead atoms. The smallest absolute Gasteiger partial charge is 0.271 e. The maximum Gasteiger partial charge on any atom is 0.271 e. The van der Waals surface area contributed by atoms with E-state index in [-0.39, 0.29) is 5.91 Å². The van der Waals surface area contributed by atoms with E-state index in [0.29, 0.717) is 15.8 Å². The molecule has 0 spiro atoms. The van der Waals surface area contributed by atoms with Crippen LogP contribution in [0.25, 0.3) is 10.2 Å². The third kappa shape index (κ3) is 2.79. The summed E-state index contributed by atoms with van der Waals surface area (Å²) in [6.07, 6.45) is 1.66. The number of aryl methyl sites for hydroxylation is 1. The fraction of sp³-hybridized carbons (Fsp3) is 0.286. The molecule has 0 fully saturated rings. The lowest BCUT2D eigenvalue weighted by Crippen LogP contribution is -2.12. The van der Waals surface area contributed by atoms with E-state index in [9.17, 15) is 4.79 Å². The van der Waals surface area contributed by atoms with Crippen LogP contribution in [0.15, 0.2) is 18.2 Å². The van der Waals surface area contributed by atoms with Gasteiger partial charge in [0.2, 0.25) is 0 Å². The van der Waals surface area contributed by atoms with Crippen molar-refractivity contribution in [3.8, 4) is 5.75 Å². The summed E-state index contributed by atoms with van der Waals surface area (Å²) in [6.45, 7) is 2.04. The molecule has 0 aliphatic carbocycles. The standard InChI is InChI=1S/C14H14N4O2S2/c1-3-5-8-12(22-18-17-8)13(19)16-14-15-11-9(20-2)6-4-7-10(11)21-14/h4,6-7H,3,5H2,1-2H3,(H,15,16,19). The first-order valence-electron chi connectivity index (χ1n) is 6.79. The quantitative estimate of drug-likeness (QED) is 0.774. The Morgan fingerprint density at radius 2 is 2.27 bits per heavy atom. The summed E-state index contributed by atoms with van der Waals surface area (Å²) in [7, 11) is 1.60. The lowest BCUT2D eigenvalue weighted by atomic mass is 10.2. The van der Waals surface area contributed by atoms with E-state index >= 15 is 0 Å². The minimum Gasteiger partial charge on any atom is -0.494 e. The van der Waals surface area contributed by atoms with Gasteiger partial charge in [0.1, 0.15) is 16.1 Å². The SMILES string of the molecule is CCCc1nnsc1C(=O)Nc1nc2c(OC)cccc2s1. The second kappa shape index (κ2) is 6.37. The van der Waals surface area contributed by atoms with E-state index in [1.165, 1.54) is 11.3 Å². The van der Waals surface area contributed by atoms with Crippen molar-refractivity contribution in [1.29, 1.82) is 0 Å². The first-order valence-corrected chi connectivity index (χ1v) is 8.38. The highest BCUT2D eigenvalue weighted by Gasteiger charge is 2.18. The summed E-state index contributed by atoms with van der Waals surface area (Å²) in [5.41, 5.74) is 1.49. The molecule has 0 saturated carbocycles. The summed E-state index contributed by atoms with van der Waals surface area (Å²) in [5, 5.41) is 7.38. The van der Waals surface area contributed by atoms with Gasteiger partial charge in [-0.3, -0.25) is 10.1 Å². The maximum atomic E-state index is 12.4. The second-order valence-corrected chi connectivity index (χ2v) is 6.36. The fourth-order valence-electron chi connectivity index (χ4n) is 2.08. The Morgan fingerprint density at radius 3 is 3.05 bits per heavy atom. The molecular formula is C14H14N4O2S2. The van der Waals surface area contributed by atoms with Crippen LogP contribution in [0.4, 0.5) is 5.13 Å². The molecule has 6 nitrogen and oxygen atoms in total. The minimum absolute atomic E-state index is 0.212. The molecule has 2 heterocycles. The highest BCUT2D eigenvalue weighted by Crippen LogP contribution is 2.32. The van der Waals surface area contributed by atoms with Gasteiger partial charge >= 0.3 is 0 Å². The Hall–Kier alpha value is -2.06. The van der Waals surface area contributed by atoms with Crippen molar-refractivity contribution < 1.29 is 9.53 Å². The number of nitrogens with one attached hydrogen (secondary N) is 1. The predicted octanol–water partition coefficient (Wildman–Crippen LogP) is 3.36. The third-order valence-corrected chi connectivity index (χ3v) is 4.77. The van der Waals surface area contributed by atoms with Crippen LogP contribution in [-0.4, -0.2) is 27.6 Å². The number of anilines is 1. The molecule has 0 saturated heterocycles. The number of ether oxygens (including phenoxy) is 1. The van der Waals surface area contributed by atoms with E-state index < -0.39 is 0 Å². The highest BCUT2D eigenvalue weighted by molar-refractivity contribution is 7.22. The summed E-state index contributed by atoms with van der Waals surface area (Å²) in [4.78, 5) is 17.3. The number of carbonyl (C=O) groups is 1. The monoisotopic (exact) mass is 334 g/mol. The van der Waals surface area contributed by atoms with E-state index in [0.717, 1.165) is 40.3 Å². The van der Waals surface area contributed by atoms with Gasteiger partial charge in [-0.1, -0.05) is 35.2 Å². The summed E-state index contributed by atoms with van der Waals surface area (Å²) >= 11 is 2.52. The van der Waals surface area contributed by atoms with Gasteiger partial charge in [0.25, 0.3) is 5.91 Å². The van der Waals surface area contributed by atoms with Gasteiger partial charge in [-0.05, 0) is 30.1 Å². The molecule has 1 amide bonds. The first-order chi connectivity index (χ1) is 10.7. The number of rotatable bonds is 5. The Labute approximate surface area is 135 Å². The number of para-hydroxylation sites is 1. The largest absolute Gasteiger partial charge is 0.494 e. The zero-order valence-electron chi connectivity index (χ0n) is 12.1. The van der Waals surface area contributed by atoms with Crippen LogP contribution in [0.3, 0.4) is 0 Å². The predicted molar refractivity (Wildman–Crippen MR) is 88.0 cm³/mol. The lowest BCUT2D eigenvalue weighted by molar-refractivity contribution is 0.102. The van der Waals surface area contributed by atoms with Crippen LogP contribution < -0.4 is 10.1 Å². The van der Waals surface area contributed by atoms with Crippen molar-refractivity contribution in [3.05, 3.63) is 28.8 Å². The van der Waals surface area contributed by atoms with E-state index in [4.69, 9.17) is 4.74 Å². The molecule has 0 aliphatic rings. The molecule has 1 aromatic carbocycles. The molecule has 0 radical (unpaired) electrons. The molecule has 1 N–H and O–H groups in total. The molecule has 2 aromatic heterocycles. The van der Waals surface area contributed by atoms with Crippen LogP contribution >= 0.6 is 22.9 Å². The fourth-order valence-corrected chi connectivity index (χ4v) is 3.56. The van der Waals surface area contributed by atoms with Gasteiger partial charge in [0.15, 0.2) is 5.13 Å². The molecule has 3 aromatic rings. The Balaban J connectivity index is 1.86. The van der Waals surface area contributed by atoms with Crippen LogP contribution in [0.1, 0.15) is 28.7 Å². The van der Waals surface area contributed by atoms with Crippen LogP contribution in [0.5, 0.6) is 5.75 Å². The van der Waals surface area contributed by atoms with Gasteiger partial charge in [-0.25, -0.2) is 4.98 Å². The van der Waals surface area contributed by atoms with Gasteiger partial charge in [0.05, 0.1) is 17.5 Å². The maximum absolute atomic E-state index is 12.4. The Bertz CT molecular complexity index is 812. The zero-order chi connectivity index (χ0) is 15.5. The van der Waals surface area contributed by atoms with Crippen molar-refractivity contribution in [3.63, 3.8) is 0 Å². The van der Waals surface area contributed by atoms with Gasteiger partial charge < -0.3 is 4.74 Å². The Morgan fingerprint density at radius 1 is 1.41 bits per heavy atom. The lowest BCUT2D eigenvalue weighted by Gasteiger charge is -2.00. The topological polar surface area (TPSA) is 77.0 Å². The second-order valence-electron chi connectivity index (χ2n) is 4.58. The number of nitrogens with zero attached hydrogens (tertiary/aromatic N) is 3. The number of thiazole rings is 1. The average Bonchev–Trinajstić information content (AvgIpc) is 3.13. The normalized spacial score (nSPS) is 10.8. The number of fused-ring (bicyclic) bond motifs is 1. The van der Waals surface area contributed by atoms with Crippen LogP contribution in [-0.2, 0) is 6.42 Å². The number of methoxy groups -OCH3 is 1. The third-order valence-electron chi connectivity index (χ3n) is 3.07. The number of hydrogen-bond donors (Lipinski definition) is 1. The van der Waals surface area contributed by atoms with Crippen molar-refractivity contribution in [1.82, 2.24) is 14.6 Å². The zero-order valence-corrected chi connectivity index (χ0v) is 13.8. The average molecular weight is 334 g/mol. The summed E-state index contributed by atoms with van der Waals surface area (Å²) in [6, 6.07) is 5.69. The summed E-state index contributed by atoms with van der Waals surface area (Å²) < 4.78 is 10.1. The van der Waals surface area contributed by atoms with Crippen molar-refractivity contribution in [2.75, 3.05) is 12.4 Å². The van der Waals surface area contributed by atoms with E-state index in [1.54, 1.807) is 7.11 Å². The number of carbonyl (C=O) groups excluding carboxylic acids is 1. The number of amides is 1. The molecule has 8 heteroatoms. The molecule has 0 unspecified atom stereocenters. The first kappa shape index (κ1) is 14.9. The van der Waals surface area contributed by atoms with Gasteiger partial charge in [-0.2, -0.15) is 0 Å². The van der Waals surface area contributed by atoms with E-state index in [2.05, 4.69) is 19.9 Å². The van der Waals surface area contributed by atoms with Crippen molar-refractivity contribution in [2.45, 2.75) is 19.8 Å². The van der Waals surface area contributed by atoms with Crippen molar-refractivity contribution >= 4 is 44.1 Å². The van der Waals surface area contributed by atoms with Crippen LogP contribution in [0, 0.1) is 0 Å². The van der Waals surface area contributed by atoms with Gasteiger partial charge in [0, 0.05) is 0 Å². The van der Waals surface area contributed by atoms with Gasteiger partial charge in [-0.15, -0.1) is 5.10 Å². The number of benzene rings is 1. The molecule has 0 aliphatic heterocycles. The number of aromatic nitrogens is 3. The molecule has 114 valence electrons. The number of hydrogen-bond acceptors (Lipinski definition) is 7. The highest BCUT2D eigenvalue weighted by atomic mass is 32.1. The Kier molecular flexibility index (Phi) is 4.30. The molecule has 0 atom stereocenters. The minimum atomic E-state index is -0.212. The van der Waals surface area contributed by atoms with Crippen molar-refractivity contribution in [2.24, 2.45) is 0 Å². The molecule has 22 heavy (non-hydrogen) atoms. The summed E-state index contributed by atoms with van der Waals surface area (Å²) in [5.74, 6) is 0.483. The van der Waals surface area contributed by atoms with Crippen LogP contribution in [0.2, 0.25) is 0 Å².